The molecule has 9 heteroatoms. The molecule has 0 bridgehead atoms. The summed E-state index contributed by atoms with van der Waals surface area (Å²) in [6, 6.07) is 7.19. The van der Waals surface area contributed by atoms with E-state index < -0.39 is 17.4 Å². The Kier molecular flexibility index (Phi) is 6.26. The first kappa shape index (κ1) is 21.8. The fourth-order valence-electron chi connectivity index (χ4n) is 3.17. The zero-order valence-corrected chi connectivity index (χ0v) is 17.4. The molecule has 0 aliphatic rings. The molecule has 1 heterocycles. The quantitative estimate of drug-likeness (QED) is 0.262. The number of Topliss-reactive ketones (excluding diaryl/α,β-unsaturated/α-hetero) is 1. The molecular formula is C22H21NO8. The molecule has 0 aliphatic carbocycles. The van der Waals surface area contributed by atoms with Crippen molar-refractivity contribution < 1.29 is 33.0 Å². The Labute approximate surface area is 177 Å². The van der Waals surface area contributed by atoms with Gasteiger partial charge in [-0.05, 0) is 36.8 Å². The van der Waals surface area contributed by atoms with Crippen LogP contribution in [0.1, 0.15) is 26.3 Å². The lowest BCUT2D eigenvalue weighted by Gasteiger charge is -2.15. The molecule has 1 aromatic heterocycles. The highest BCUT2D eigenvalue weighted by atomic mass is 16.5. The van der Waals surface area contributed by atoms with E-state index in [-0.39, 0.29) is 40.5 Å². The van der Waals surface area contributed by atoms with Crippen LogP contribution in [-0.2, 0) is 0 Å². The highest BCUT2D eigenvalue weighted by Gasteiger charge is 2.23. The Morgan fingerprint density at radius 3 is 2.16 bits per heavy atom. The van der Waals surface area contributed by atoms with Crippen LogP contribution in [0.25, 0.3) is 11.0 Å². The minimum atomic E-state index is -0.792. The molecule has 0 unspecified atom stereocenters. The van der Waals surface area contributed by atoms with Gasteiger partial charge in [-0.1, -0.05) is 0 Å². The normalized spacial score (nSPS) is 10.6. The maximum Gasteiger partial charge on any atom is 0.343 e. The predicted octanol–water partition coefficient (Wildman–Crippen LogP) is 2.49. The van der Waals surface area contributed by atoms with E-state index in [1.807, 2.05) is 0 Å². The highest BCUT2D eigenvalue weighted by Crippen LogP contribution is 2.38. The molecule has 31 heavy (non-hydrogen) atoms. The maximum atomic E-state index is 12.9. The van der Waals surface area contributed by atoms with Gasteiger partial charge in [-0.15, -0.1) is 0 Å². The van der Waals surface area contributed by atoms with Crippen molar-refractivity contribution in [1.82, 2.24) is 0 Å². The second-order valence-electron chi connectivity index (χ2n) is 6.49. The SMILES string of the molecule is COc1cc(C(=O)Oc2ccc3c(C)cc(=O)oc3c2C(=O)CN)cc(OC)c1OC. The van der Waals surface area contributed by atoms with E-state index >= 15 is 0 Å². The molecule has 0 spiro atoms. The van der Waals surface area contributed by atoms with Crippen LogP contribution < -0.4 is 30.3 Å². The van der Waals surface area contributed by atoms with Gasteiger partial charge in [0.25, 0.3) is 0 Å². The zero-order chi connectivity index (χ0) is 22.7. The summed E-state index contributed by atoms with van der Waals surface area (Å²) in [5.41, 5.74) is 5.53. The number of aryl methyl sites for hydroxylation is 1. The van der Waals surface area contributed by atoms with Crippen molar-refractivity contribution in [3.63, 3.8) is 0 Å². The average Bonchev–Trinajstić information content (AvgIpc) is 2.76. The van der Waals surface area contributed by atoms with E-state index in [0.717, 1.165) is 0 Å². The Hall–Kier alpha value is -3.85. The van der Waals surface area contributed by atoms with Crippen LogP contribution in [0, 0.1) is 6.92 Å². The van der Waals surface area contributed by atoms with Gasteiger partial charge in [0, 0.05) is 11.5 Å². The molecule has 2 aromatic carbocycles. The molecule has 0 saturated carbocycles. The van der Waals surface area contributed by atoms with E-state index in [9.17, 15) is 14.4 Å². The molecule has 2 N–H and O–H groups in total. The summed E-state index contributed by atoms with van der Waals surface area (Å²) in [6.07, 6.45) is 0. The van der Waals surface area contributed by atoms with Crippen molar-refractivity contribution in [2.75, 3.05) is 27.9 Å². The number of carbonyl (C=O) groups is 2. The molecule has 3 rings (SSSR count). The van der Waals surface area contributed by atoms with Crippen molar-refractivity contribution in [2.24, 2.45) is 5.73 Å². The van der Waals surface area contributed by atoms with Gasteiger partial charge in [0.15, 0.2) is 22.9 Å². The lowest BCUT2D eigenvalue weighted by atomic mass is 10.0. The van der Waals surface area contributed by atoms with E-state index in [2.05, 4.69) is 0 Å². The third kappa shape index (κ3) is 4.08. The number of rotatable bonds is 7. The first-order chi connectivity index (χ1) is 14.8. The van der Waals surface area contributed by atoms with E-state index in [0.29, 0.717) is 16.7 Å². The van der Waals surface area contributed by atoms with Gasteiger partial charge >= 0.3 is 11.6 Å². The number of esters is 1. The topological polar surface area (TPSA) is 127 Å². The summed E-state index contributed by atoms with van der Waals surface area (Å²) in [5.74, 6) is -0.606. The van der Waals surface area contributed by atoms with Crippen LogP contribution in [-0.4, -0.2) is 39.6 Å². The highest BCUT2D eigenvalue weighted by molar-refractivity contribution is 6.10. The standard InChI is InChI=1S/C22H21NO8/c1-11-7-18(25)31-20-13(11)5-6-15(19(20)14(24)10-23)30-22(26)12-8-16(27-2)21(29-4)17(9-12)28-3/h5-9H,10,23H2,1-4H3. The number of hydrogen-bond acceptors (Lipinski definition) is 9. The number of ketones is 1. The van der Waals surface area contributed by atoms with E-state index in [1.165, 1.54) is 45.6 Å². The Morgan fingerprint density at radius 1 is 0.968 bits per heavy atom. The lowest BCUT2D eigenvalue weighted by Crippen LogP contribution is -2.18. The summed E-state index contributed by atoms with van der Waals surface area (Å²) >= 11 is 0. The number of benzene rings is 2. The van der Waals surface area contributed by atoms with Crippen LogP contribution in [0.15, 0.2) is 39.5 Å². The first-order valence-electron chi connectivity index (χ1n) is 9.17. The number of nitrogens with two attached hydrogens (primary N) is 1. The van der Waals surface area contributed by atoms with Gasteiger partial charge in [0.1, 0.15) is 11.3 Å². The van der Waals surface area contributed by atoms with E-state index in [1.54, 1.807) is 13.0 Å². The van der Waals surface area contributed by atoms with Crippen molar-refractivity contribution in [3.05, 3.63) is 57.4 Å². The zero-order valence-electron chi connectivity index (χ0n) is 17.4. The molecule has 0 aliphatic heterocycles. The first-order valence-corrected chi connectivity index (χ1v) is 9.17. The molecule has 0 saturated heterocycles. The number of carbonyl (C=O) groups excluding carboxylic acids is 2. The minimum Gasteiger partial charge on any atom is -0.493 e. The van der Waals surface area contributed by atoms with Crippen LogP contribution in [0.4, 0.5) is 0 Å². The third-order valence-electron chi connectivity index (χ3n) is 4.65. The monoisotopic (exact) mass is 427 g/mol. The van der Waals surface area contributed by atoms with Crippen molar-refractivity contribution in [1.29, 1.82) is 0 Å². The summed E-state index contributed by atoms with van der Waals surface area (Å²) < 4.78 is 26.5. The molecule has 9 nitrogen and oxygen atoms in total. The Bertz CT molecular complexity index is 1200. The maximum absolute atomic E-state index is 12.9. The van der Waals surface area contributed by atoms with Crippen LogP contribution in [0.5, 0.6) is 23.0 Å². The van der Waals surface area contributed by atoms with Gasteiger partial charge < -0.3 is 29.1 Å². The summed E-state index contributed by atoms with van der Waals surface area (Å²) in [7, 11) is 4.27. The molecule has 162 valence electrons. The fraction of sp³-hybridized carbons (Fsp3) is 0.227. The second kappa shape index (κ2) is 8.88. The van der Waals surface area contributed by atoms with Gasteiger partial charge in [0.2, 0.25) is 5.75 Å². The van der Waals surface area contributed by atoms with E-state index in [4.69, 9.17) is 29.1 Å². The molecule has 0 atom stereocenters. The number of fused-ring (bicyclic) bond motifs is 1. The van der Waals surface area contributed by atoms with Crippen molar-refractivity contribution in [3.8, 4) is 23.0 Å². The summed E-state index contributed by atoms with van der Waals surface area (Å²) in [4.78, 5) is 37.3. The van der Waals surface area contributed by atoms with Gasteiger partial charge in [-0.2, -0.15) is 0 Å². The van der Waals surface area contributed by atoms with Crippen molar-refractivity contribution in [2.45, 2.75) is 6.92 Å². The molecule has 0 fully saturated rings. The van der Waals surface area contributed by atoms with Crippen LogP contribution in [0.2, 0.25) is 0 Å². The number of hydrogen-bond donors (Lipinski definition) is 1. The number of methoxy groups -OCH3 is 3. The average molecular weight is 427 g/mol. The van der Waals surface area contributed by atoms with Gasteiger partial charge in [-0.3, -0.25) is 4.79 Å². The summed E-state index contributed by atoms with van der Waals surface area (Å²) in [6.45, 7) is 1.34. The molecular weight excluding hydrogens is 406 g/mol. The Morgan fingerprint density at radius 2 is 1.61 bits per heavy atom. The minimum absolute atomic E-state index is 0.00985. The molecule has 3 aromatic rings. The largest absolute Gasteiger partial charge is 0.493 e. The van der Waals surface area contributed by atoms with Crippen LogP contribution >= 0.6 is 0 Å². The van der Waals surface area contributed by atoms with Gasteiger partial charge in [-0.25, -0.2) is 9.59 Å². The lowest BCUT2D eigenvalue weighted by molar-refractivity contribution is 0.0732. The molecule has 0 radical (unpaired) electrons. The number of ether oxygens (including phenoxy) is 4. The Balaban J connectivity index is 2.12. The summed E-state index contributed by atoms with van der Waals surface area (Å²) in [5, 5.41) is 0.531. The predicted molar refractivity (Wildman–Crippen MR) is 112 cm³/mol. The smallest absolute Gasteiger partial charge is 0.343 e. The van der Waals surface area contributed by atoms with Crippen molar-refractivity contribution >= 4 is 22.7 Å². The fourth-order valence-corrected chi connectivity index (χ4v) is 3.17. The molecule has 0 amide bonds. The second-order valence-corrected chi connectivity index (χ2v) is 6.49. The van der Waals surface area contributed by atoms with Gasteiger partial charge in [0.05, 0.1) is 33.4 Å². The van der Waals surface area contributed by atoms with Crippen LogP contribution in [0.3, 0.4) is 0 Å². The third-order valence-corrected chi connectivity index (χ3v) is 4.65.